The molecule has 1 aromatic heterocycles. The predicted octanol–water partition coefficient (Wildman–Crippen LogP) is 2.30. The molecule has 0 atom stereocenters. The van der Waals surface area contributed by atoms with Crippen LogP contribution in [0.15, 0.2) is 24.4 Å². The average molecular weight is 357 g/mol. The van der Waals surface area contributed by atoms with Crippen molar-refractivity contribution in [2.24, 2.45) is 5.84 Å². The summed E-state index contributed by atoms with van der Waals surface area (Å²) in [5, 5.41) is 0.801. The van der Waals surface area contributed by atoms with Crippen LogP contribution in [0.5, 0.6) is 0 Å². The molecule has 0 bridgehead atoms. The fourth-order valence-electron chi connectivity index (χ4n) is 1.68. The molecule has 0 amide bonds. The number of ether oxygens (including phenoxy) is 1. The Morgan fingerprint density at radius 1 is 1.56 bits per heavy atom. The van der Waals surface area contributed by atoms with E-state index >= 15 is 0 Å². The Balaban J connectivity index is 2.65. The Labute approximate surface area is 118 Å². The summed E-state index contributed by atoms with van der Waals surface area (Å²) in [5.74, 6) is 5.08. The molecule has 1 heterocycles. The number of hydrogen-bond donors (Lipinski definition) is 2. The van der Waals surface area contributed by atoms with Crippen molar-refractivity contribution in [2.75, 3.05) is 12.0 Å². The number of benzene rings is 1. The molecule has 0 saturated heterocycles. The average Bonchev–Trinajstić information content (AvgIpc) is 2.37. The number of anilines is 1. The van der Waals surface area contributed by atoms with Gasteiger partial charge in [-0.05, 0) is 47.7 Å². The van der Waals surface area contributed by atoms with Crippen LogP contribution >= 0.6 is 22.6 Å². The van der Waals surface area contributed by atoms with Crippen LogP contribution in [-0.4, -0.2) is 17.6 Å². The SMILES string of the molecule is CCOC(=O)c1cnc2ccc(I)cc2c1NN. The first-order chi connectivity index (χ1) is 8.67. The zero-order valence-electron chi connectivity index (χ0n) is 9.74. The Bertz CT molecular complexity index is 601. The second kappa shape index (κ2) is 5.49. The number of hydrogen-bond acceptors (Lipinski definition) is 5. The quantitative estimate of drug-likeness (QED) is 0.382. The molecule has 0 aliphatic heterocycles. The largest absolute Gasteiger partial charge is 0.462 e. The molecule has 0 spiro atoms. The van der Waals surface area contributed by atoms with Crippen LogP contribution in [0.2, 0.25) is 0 Å². The van der Waals surface area contributed by atoms with Gasteiger partial charge < -0.3 is 10.2 Å². The minimum Gasteiger partial charge on any atom is -0.462 e. The molecule has 0 radical (unpaired) electrons. The molecule has 0 fully saturated rings. The number of nitrogen functional groups attached to an aromatic ring is 1. The van der Waals surface area contributed by atoms with E-state index in [1.165, 1.54) is 6.20 Å². The van der Waals surface area contributed by atoms with Crippen molar-refractivity contribution < 1.29 is 9.53 Å². The number of rotatable bonds is 3. The fourth-order valence-corrected chi connectivity index (χ4v) is 2.18. The number of pyridine rings is 1. The molecule has 5 nitrogen and oxygen atoms in total. The maximum atomic E-state index is 11.8. The van der Waals surface area contributed by atoms with E-state index in [1.54, 1.807) is 6.92 Å². The molecule has 0 aliphatic carbocycles. The summed E-state index contributed by atoms with van der Waals surface area (Å²) >= 11 is 2.19. The third kappa shape index (κ3) is 2.39. The topological polar surface area (TPSA) is 77.2 Å². The lowest BCUT2D eigenvalue weighted by atomic mass is 10.1. The van der Waals surface area contributed by atoms with Gasteiger partial charge in [-0.25, -0.2) is 4.79 Å². The zero-order valence-corrected chi connectivity index (χ0v) is 11.9. The molecule has 3 N–H and O–H groups in total. The van der Waals surface area contributed by atoms with Gasteiger partial charge in [0.15, 0.2) is 0 Å². The smallest absolute Gasteiger partial charge is 0.341 e. The highest BCUT2D eigenvalue weighted by Crippen LogP contribution is 2.27. The lowest BCUT2D eigenvalue weighted by Gasteiger charge is -2.11. The van der Waals surface area contributed by atoms with Crippen molar-refractivity contribution in [1.29, 1.82) is 0 Å². The number of hydrazine groups is 1. The molecule has 2 rings (SSSR count). The Kier molecular flexibility index (Phi) is 3.97. The summed E-state index contributed by atoms with van der Waals surface area (Å²) < 4.78 is 6.01. The van der Waals surface area contributed by atoms with E-state index in [2.05, 4.69) is 33.0 Å². The van der Waals surface area contributed by atoms with Crippen LogP contribution in [0, 0.1) is 3.57 Å². The van der Waals surface area contributed by atoms with Gasteiger partial charge in [-0.15, -0.1) is 0 Å². The summed E-state index contributed by atoms with van der Waals surface area (Å²) in [6.45, 7) is 2.07. The monoisotopic (exact) mass is 357 g/mol. The van der Waals surface area contributed by atoms with Gasteiger partial charge in [0, 0.05) is 15.2 Å². The van der Waals surface area contributed by atoms with Crippen molar-refractivity contribution in [2.45, 2.75) is 6.92 Å². The number of nitrogens with one attached hydrogen (secondary N) is 1. The first-order valence-corrected chi connectivity index (χ1v) is 6.47. The van der Waals surface area contributed by atoms with Crippen LogP contribution in [0.3, 0.4) is 0 Å². The van der Waals surface area contributed by atoms with Crippen molar-refractivity contribution in [3.63, 3.8) is 0 Å². The molecule has 0 saturated carbocycles. The zero-order chi connectivity index (χ0) is 13.1. The van der Waals surface area contributed by atoms with Crippen molar-refractivity contribution >= 4 is 45.2 Å². The number of nitrogens with zero attached hydrogens (tertiary/aromatic N) is 1. The minimum absolute atomic E-state index is 0.313. The van der Waals surface area contributed by atoms with Gasteiger partial charge in [0.05, 0.1) is 17.8 Å². The summed E-state index contributed by atoms with van der Waals surface area (Å²) in [7, 11) is 0. The third-order valence-corrected chi connectivity index (χ3v) is 3.14. The van der Waals surface area contributed by atoms with Gasteiger partial charge in [0.2, 0.25) is 0 Å². The number of carbonyl (C=O) groups excluding carboxylic acids is 1. The third-order valence-electron chi connectivity index (χ3n) is 2.47. The first-order valence-electron chi connectivity index (χ1n) is 5.39. The molecule has 94 valence electrons. The van der Waals surface area contributed by atoms with Crippen LogP contribution in [0.4, 0.5) is 5.69 Å². The Morgan fingerprint density at radius 3 is 3.00 bits per heavy atom. The lowest BCUT2D eigenvalue weighted by molar-refractivity contribution is 0.0527. The van der Waals surface area contributed by atoms with Crippen LogP contribution in [-0.2, 0) is 4.74 Å². The van der Waals surface area contributed by atoms with Crippen molar-refractivity contribution in [1.82, 2.24) is 4.98 Å². The predicted molar refractivity (Wildman–Crippen MR) is 78.2 cm³/mol. The molecule has 2 aromatic rings. The van der Waals surface area contributed by atoms with E-state index in [0.29, 0.717) is 17.9 Å². The number of nitrogens with two attached hydrogens (primary N) is 1. The summed E-state index contributed by atoms with van der Waals surface area (Å²) in [5.41, 5.74) is 4.22. The minimum atomic E-state index is -0.432. The first kappa shape index (κ1) is 13.0. The summed E-state index contributed by atoms with van der Waals surface area (Å²) in [6, 6.07) is 5.74. The summed E-state index contributed by atoms with van der Waals surface area (Å²) in [4.78, 5) is 16.0. The molecule has 18 heavy (non-hydrogen) atoms. The normalized spacial score (nSPS) is 10.4. The highest BCUT2D eigenvalue weighted by molar-refractivity contribution is 14.1. The molecule has 6 heteroatoms. The van der Waals surface area contributed by atoms with Gasteiger partial charge in [-0.2, -0.15) is 0 Å². The van der Waals surface area contributed by atoms with E-state index in [-0.39, 0.29) is 0 Å². The number of aromatic nitrogens is 1. The van der Waals surface area contributed by atoms with Crippen LogP contribution < -0.4 is 11.3 Å². The molecule has 0 unspecified atom stereocenters. The second-order valence-electron chi connectivity index (χ2n) is 3.57. The maximum Gasteiger partial charge on any atom is 0.341 e. The second-order valence-corrected chi connectivity index (χ2v) is 4.82. The highest BCUT2D eigenvalue weighted by Gasteiger charge is 2.15. The highest BCUT2D eigenvalue weighted by atomic mass is 127. The standard InChI is InChI=1S/C12H12IN3O2/c1-2-18-12(17)9-6-15-10-4-3-7(13)5-8(10)11(9)16-14/h3-6H,2,14H2,1H3,(H,15,16). The van der Waals surface area contributed by atoms with E-state index < -0.39 is 5.97 Å². The number of fused-ring (bicyclic) bond motifs is 1. The fraction of sp³-hybridized carbons (Fsp3) is 0.167. The van der Waals surface area contributed by atoms with E-state index in [1.807, 2.05) is 18.2 Å². The van der Waals surface area contributed by atoms with Crippen LogP contribution in [0.25, 0.3) is 10.9 Å². The number of halogens is 1. The Hall–Kier alpha value is -1.41. The van der Waals surface area contributed by atoms with Gasteiger partial charge in [-0.3, -0.25) is 10.8 Å². The van der Waals surface area contributed by atoms with Gasteiger partial charge in [0.1, 0.15) is 5.56 Å². The molecule has 1 aromatic carbocycles. The van der Waals surface area contributed by atoms with Crippen LogP contribution in [0.1, 0.15) is 17.3 Å². The van der Waals surface area contributed by atoms with E-state index in [9.17, 15) is 4.79 Å². The molecule has 0 aliphatic rings. The van der Waals surface area contributed by atoms with E-state index in [4.69, 9.17) is 10.6 Å². The summed E-state index contributed by atoms with van der Waals surface area (Å²) in [6.07, 6.45) is 1.47. The Morgan fingerprint density at radius 2 is 2.33 bits per heavy atom. The van der Waals surface area contributed by atoms with Gasteiger partial charge >= 0.3 is 5.97 Å². The van der Waals surface area contributed by atoms with Gasteiger partial charge in [0.25, 0.3) is 0 Å². The van der Waals surface area contributed by atoms with Crippen molar-refractivity contribution in [3.05, 3.63) is 33.5 Å². The van der Waals surface area contributed by atoms with Gasteiger partial charge in [-0.1, -0.05) is 0 Å². The van der Waals surface area contributed by atoms with Crippen molar-refractivity contribution in [3.8, 4) is 0 Å². The van der Waals surface area contributed by atoms with E-state index in [0.717, 1.165) is 14.5 Å². The maximum absolute atomic E-state index is 11.8. The molecular weight excluding hydrogens is 345 g/mol. The number of carbonyl (C=O) groups is 1. The lowest BCUT2D eigenvalue weighted by Crippen LogP contribution is -2.15. The number of esters is 1. The molecular formula is C12H12IN3O2.